The second kappa shape index (κ2) is 14.7. The first kappa shape index (κ1) is 31.3. The minimum absolute atomic E-state index is 0.0960. The summed E-state index contributed by atoms with van der Waals surface area (Å²) in [4.78, 5) is 41.3. The fraction of sp³-hybridized carbons (Fsp3) is 0.630. The zero-order valence-corrected chi connectivity index (χ0v) is 23.8. The van der Waals surface area contributed by atoms with Crippen molar-refractivity contribution < 1.29 is 19.1 Å². The van der Waals surface area contributed by atoms with E-state index in [2.05, 4.69) is 10.6 Å². The van der Waals surface area contributed by atoms with Crippen LogP contribution in [-0.4, -0.2) is 59.0 Å². The largest absolute Gasteiger partial charge is 0.444 e. The van der Waals surface area contributed by atoms with E-state index in [1.165, 1.54) is 16.7 Å². The summed E-state index contributed by atoms with van der Waals surface area (Å²) in [5, 5.41) is 15.3. The van der Waals surface area contributed by atoms with Gasteiger partial charge >= 0.3 is 6.09 Å². The summed E-state index contributed by atoms with van der Waals surface area (Å²) in [5.74, 6) is -0.254. The van der Waals surface area contributed by atoms with E-state index in [4.69, 9.17) is 4.74 Å². The molecule has 0 aliphatic heterocycles. The van der Waals surface area contributed by atoms with E-state index in [1.807, 2.05) is 58.2 Å². The maximum absolute atomic E-state index is 13.9. The number of nitrogens with one attached hydrogen (secondary N) is 2. The van der Waals surface area contributed by atoms with Gasteiger partial charge in [-0.15, -0.1) is 0 Å². The van der Waals surface area contributed by atoms with Gasteiger partial charge in [0.05, 0.1) is 6.07 Å². The van der Waals surface area contributed by atoms with Gasteiger partial charge in [-0.1, -0.05) is 37.1 Å². The highest BCUT2D eigenvalue weighted by Crippen LogP contribution is 2.27. The minimum Gasteiger partial charge on any atom is -0.444 e. The maximum atomic E-state index is 13.9. The van der Waals surface area contributed by atoms with Crippen LogP contribution in [0.25, 0.3) is 0 Å². The lowest BCUT2D eigenvalue weighted by Crippen LogP contribution is -2.54. The molecule has 0 saturated heterocycles. The number of hydrogen-bond donors (Lipinski definition) is 2. The number of alkyl carbamates (subject to hydrolysis) is 1. The molecule has 2 N–H and O–H groups in total. The summed E-state index contributed by atoms with van der Waals surface area (Å²) in [6.45, 7) is 12.7. The molecule has 36 heavy (non-hydrogen) atoms. The first-order chi connectivity index (χ1) is 16.8. The Kier molecular flexibility index (Phi) is 12.8. The van der Waals surface area contributed by atoms with Crippen LogP contribution in [0.3, 0.4) is 0 Å². The van der Waals surface area contributed by atoms with Crippen LogP contribution < -0.4 is 10.6 Å². The van der Waals surface area contributed by atoms with Crippen molar-refractivity contribution in [2.24, 2.45) is 0 Å². The Bertz CT molecular complexity index is 939. The summed E-state index contributed by atoms with van der Waals surface area (Å²) in [5.41, 5.74) is 1.69. The number of nitrogens with zero attached hydrogens (tertiary/aromatic N) is 2. The number of thioether (sulfide) groups is 1. The van der Waals surface area contributed by atoms with Gasteiger partial charge in [0.25, 0.3) is 0 Å². The van der Waals surface area contributed by atoms with E-state index in [-0.39, 0.29) is 18.5 Å². The van der Waals surface area contributed by atoms with Crippen LogP contribution in [0.2, 0.25) is 0 Å². The highest BCUT2D eigenvalue weighted by molar-refractivity contribution is 7.98. The third kappa shape index (κ3) is 10.1. The topological polar surface area (TPSA) is 112 Å². The van der Waals surface area contributed by atoms with Crippen LogP contribution in [0.4, 0.5) is 4.79 Å². The van der Waals surface area contributed by atoms with Crippen LogP contribution in [0, 0.1) is 25.2 Å². The number of carbonyl (C=O) groups excluding carboxylic acids is 3. The normalized spacial score (nSPS) is 13.6. The van der Waals surface area contributed by atoms with Gasteiger partial charge in [0.2, 0.25) is 11.8 Å². The molecule has 0 spiro atoms. The fourth-order valence-electron chi connectivity index (χ4n) is 3.85. The van der Waals surface area contributed by atoms with Crippen molar-refractivity contribution in [1.29, 1.82) is 5.26 Å². The van der Waals surface area contributed by atoms with Gasteiger partial charge in [0, 0.05) is 6.04 Å². The summed E-state index contributed by atoms with van der Waals surface area (Å²) in [6, 6.07) is 5.70. The van der Waals surface area contributed by atoms with E-state index in [9.17, 15) is 19.6 Å². The van der Waals surface area contributed by atoms with Crippen molar-refractivity contribution in [1.82, 2.24) is 15.5 Å². The standard InChI is InChI=1S/C27H42N4O4S/c1-9-10-20(4)29-24(32)23(21-17-18(2)11-12-19(21)3)31(15-14-28)25(33)22(13-16-36-8)30-26(34)35-27(5,6)7/h11-12,17,20,22-23H,9-10,13,15-16H2,1-8H3,(H,29,32)(H,30,34). The van der Waals surface area contributed by atoms with E-state index in [1.54, 1.807) is 20.8 Å². The third-order valence-corrected chi connectivity index (χ3v) is 6.17. The molecule has 3 atom stereocenters. The SMILES string of the molecule is CCCC(C)NC(=O)C(c1cc(C)ccc1C)N(CC#N)C(=O)C(CCSC)NC(=O)OC(C)(C)C. The number of amides is 3. The van der Waals surface area contributed by atoms with Crippen LogP contribution in [-0.2, 0) is 14.3 Å². The van der Waals surface area contributed by atoms with E-state index >= 15 is 0 Å². The van der Waals surface area contributed by atoms with Gasteiger partial charge in [-0.25, -0.2) is 4.79 Å². The summed E-state index contributed by atoms with van der Waals surface area (Å²) >= 11 is 1.53. The van der Waals surface area contributed by atoms with Gasteiger partial charge in [-0.3, -0.25) is 9.59 Å². The van der Waals surface area contributed by atoms with Gasteiger partial charge in [0.1, 0.15) is 24.2 Å². The molecule has 8 nitrogen and oxygen atoms in total. The van der Waals surface area contributed by atoms with Crippen LogP contribution in [0.15, 0.2) is 18.2 Å². The van der Waals surface area contributed by atoms with Crippen LogP contribution >= 0.6 is 11.8 Å². The lowest BCUT2D eigenvalue weighted by atomic mass is 9.95. The Labute approximate surface area is 220 Å². The van der Waals surface area contributed by atoms with Crippen LogP contribution in [0.5, 0.6) is 0 Å². The van der Waals surface area contributed by atoms with E-state index in [0.717, 1.165) is 24.0 Å². The van der Waals surface area contributed by atoms with E-state index in [0.29, 0.717) is 17.7 Å². The Morgan fingerprint density at radius 2 is 1.83 bits per heavy atom. The van der Waals surface area contributed by atoms with Crippen molar-refractivity contribution >= 4 is 29.7 Å². The Morgan fingerprint density at radius 3 is 2.39 bits per heavy atom. The van der Waals surface area contributed by atoms with Crippen molar-refractivity contribution in [2.75, 3.05) is 18.6 Å². The first-order valence-electron chi connectivity index (χ1n) is 12.4. The highest BCUT2D eigenvalue weighted by atomic mass is 32.2. The molecule has 0 aliphatic rings. The Morgan fingerprint density at radius 1 is 1.17 bits per heavy atom. The van der Waals surface area contributed by atoms with Crippen molar-refractivity contribution in [3.05, 3.63) is 34.9 Å². The summed E-state index contributed by atoms with van der Waals surface area (Å²) < 4.78 is 5.37. The number of nitriles is 1. The quantitative estimate of drug-likeness (QED) is 0.390. The van der Waals surface area contributed by atoms with Crippen molar-refractivity contribution in [3.8, 4) is 6.07 Å². The average molecular weight is 519 g/mol. The predicted octanol–water partition coefficient (Wildman–Crippen LogP) is 4.65. The molecule has 0 aliphatic carbocycles. The summed E-state index contributed by atoms with van der Waals surface area (Å²) in [6.07, 6.45) is 3.20. The lowest BCUT2D eigenvalue weighted by molar-refractivity contribution is -0.142. The Hall–Kier alpha value is -2.73. The number of carbonyl (C=O) groups is 3. The van der Waals surface area contributed by atoms with Crippen molar-refractivity contribution in [3.63, 3.8) is 0 Å². The molecule has 0 bridgehead atoms. The molecular formula is C27H42N4O4S. The second-order valence-corrected chi connectivity index (χ2v) is 11.1. The minimum atomic E-state index is -1.02. The monoisotopic (exact) mass is 518 g/mol. The molecule has 0 radical (unpaired) electrons. The van der Waals surface area contributed by atoms with Gasteiger partial charge in [-0.05, 0) is 77.5 Å². The zero-order valence-electron chi connectivity index (χ0n) is 22.9. The Balaban J connectivity index is 3.50. The smallest absolute Gasteiger partial charge is 0.408 e. The molecule has 0 saturated carbocycles. The molecule has 200 valence electrons. The predicted molar refractivity (Wildman–Crippen MR) is 145 cm³/mol. The third-order valence-electron chi connectivity index (χ3n) is 5.52. The highest BCUT2D eigenvalue weighted by Gasteiger charge is 2.37. The van der Waals surface area contributed by atoms with Gasteiger partial charge in [-0.2, -0.15) is 17.0 Å². The molecule has 3 amide bonds. The van der Waals surface area contributed by atoms with Gasteiger partial charge in [0.15, 0.2) is 0 Å². The van der Waals surface area contributed by atoms with E-state index < -0.39 is 29.7 Å². The molecular weight excluding hydrogens is 476 g/mol. The molecule has 0 heterocycles. The zero-order chi connectivity index (χ0) is 27.5. The van der Waals surface area contributed by atoms with Crippen molar-refractivity contribution in [2.45, 2.75) is 91.5 Å². The molecule has 0 aromatic heterocycles. The van der Waals surface area contributed by atoms with Crippen LogP contribution in [0.1, 0.15) is 76.6 Å². The second-order valence-electron chi connectivity index (χ2n) is 10.1. The number of aryl methyl sites for hydroxylation is 2. The maximum Gasteiger partial charge on any atom is 0.408 e. The molecule has 3 unspecified atom stereocenters. The van der Waals surface area contributed by atoms with Gasteiger partial charge < -0.3 is 20.3 Å². The molecule has 9 heteroatoms. The number of hydrogen-bond acceptors (Lipinski definition) is 6. The summed E-state index contributed by atoms with van der Waals surface area (Å²) in [7, 11) is 0. The average Bonchev–Trinajstić information content (AvgIpc) is 2.77. The lowest BCUT2D eigenvalue weighted by Gasteiger charge is -2.34. The molecule has 1 rings (SSSR count). The molecule has 0 fully saturated rings. The molecule has 1 aromatic carbocycles. The fourth-order valence-corrected chi connectivity index (χ4v) is 4.32. The number of rotatable bonds is 12. The number of benzene rings is 1. The first-order valence-corrected chi connectivity index (χ1v) is 13.8. The number of ether oxygens (including phenoxy) is 1. The molecule has 1 aromatic rings.